The van der Waals surface area contributed by atoms with Crippen LogP contribution in [0.4, 0.5) is 5.69 Å². The lowest BCUT2D eigenvalue weighted by Crippen LogP contribution is -2.36. The number of Topliss-reactive ketones (excluding diaryl/α,β-unsaturated/α-hetero) is 1. The van der Waals surface area contributed by atoms with Gasteiger partial charge >= 0.3 is 0 Å². The summed E-state index contributed by atoms with van der Waals surface area (Å²) < 4.78 is 5.76. The molecule has 3 aromatic rings. The van der Waals surface area contributed by atoms with Crippen molar-refractivity contribution in [2.24, 2.45) is 0 Å². The highest BCUT2D eigenvalue weighted by Crippen LogP contribution is 2.25. The number of nitrogens with one attached hydrogen (secondary N) is 1. The Hall–Kier alpha value is -3.93. The van der Waals surface area contributed by atoms with Crippen molar-refractivity contribution < 1.29 is 19.1 Å². The fourth-order valence-electron chi connectivity index (χ4n) is 3.65. The first kappa shape index (κ1) is 24.7. The Bertz CT molecular complexity index is 1130. The number of rotatable bonds is 10. The second-order valence-corrected chi connectivity index (χ2v) is 8.08. The fraction of sp³-hybridized carbons (Fsp3) is 0.250. The summed E-state index contributed by atoms with van der Waals surface area (Å²) in [6, 6.07) is 23.8. The summed E-state index contributed by atoms with van der Waals surface area (Å²) in [6.45, 7) is 5.52. The number of carbonyl (C=O) groups excluding carboxylic acids is 3. The molecule has 0 aromatic heterocycles. The van der Waals surface area contributed by atoms with Gasteiger partial charge in [-0.05, 0) is 54.4 Å². The van der Waals surface area contributed by atoms with E-state index in [0.717, 1.165) is 11.1 Å². The highest BCUT2D eigenvalue weighted by Gasteiger charge is 2.23. The van der Waals surface area contributed by atoms with Gasteiger partial charge in [0.15, 0.2) is 12.4 Å². The number of hydrogen-bond acceptors (Lipinski definition) is 4. The van der Waals surface area contributed by atoms with Crippen LogP contribution in [0, 0.1) is 0 Å². The van der Waals surface area contributed by atoms with Crippen molar-refractivity contribution in [3.8, 4) is 5.75 Å². The molecule has 0 radical (unpaired) electrons. The first-order valence-electron chi connectivity index (χ1n) is 11.3. The number of benzene rings is 3. The van der Waals surface area contributed by atoms with E-state index in [1.54, 1.807) is 29.2 Å². The van der Waals surface area contributed by atoms with Crippen LogP contribution in [0.25, 0.3) is 0 Å². The Kier molecular flexibility index (Phi) is 8.57. The molecule has 3 rings (SSSR count). The number of anilines is 1. The van der Waals surface area contributed by atoms with Crippen LogP contribution in [-0.2, 0) is 16.1 Å². The average molecular weight is 459 g/mol. The van der Waals surface area contributed by atoms with Gasteiger partial charge in [-0.25, -0.2) is 0 Å². The molecule has 1 atom stereocenters. The molecule has 6 heteroatoms. The van der Waals surface area contributed by atoms with Gasteiger partial charge < -0.3 is 15.0 Å². The molecule has 0 fully saturated rings. The van der Waals surface area contributed by atoms with Gasteiger partial charge in [-0.2, -0.15) is 0 Å². The van der Waals surface area contributed by atoms with Crippen molar-refractivity contribution in [3.63, 3.8) is 0 Å². The molecule has 0 heterocycles. The zero-order valence-corrected chi connectivity index (χ0v) is 19.8. The zero-order chi connectivity index (χ0) is 24.5. The van der Waals surface area contributed by atoms with E-state index < -0.39 is 0 Å². The van der Waals surface area contributed by atoms with Crippen molar-refractivity contribution in [1.82, 2.24) is 4.90 Å². The Morgan fingerprint density at radius 1 is 0.941 bits per heavy atom. The maximum atomic E-state index is 13.3. The maximum absolute atomic E-state index is 13.3. The standard InChI is InChI=1S/C28H30N2O4/c1-4-27(32)23-13-15-26(16-14-23)34-19-28(33)30(18-22-9-6-5-7-10-22)20(2)24-11-8-12-25(17-24)29-21(3)31/h5-17,20H,4,18-19H2,1-3H3,(H,29,31). The molecular formula is C28H30N2O4. The van der Waals surface area contributed by atoms with Crippen molar-refractivity contribution in [3.05, 3.63) is 95.6 Å². The van der Waals surface area contributed by atoms with E-state index in [2.05, 4.69) is 5.32 Å². The summed E-state index contributed by atoms with van der Waals surface area (Å²) in [5.41, 5.74) is 3.21. The minimum atomic E-state index is -0.255. The summed E-state index contributed by atoms with van der Waals surface area (Å²) in [6.07, 6.45) is 0.439. The lowest BCUT2D eigenvalue weighted by molar-refractivity contribution is -0.136. The predicted octanol–water partition coefficient (Wildman–Crippen LogP) is 5.41. The van der Waals surface area contributed by atoms with Crippen LogP contribution in [0.3, 0.4) is 0 Å². The Labute approximate surface area is 200 Å². The topological polar surface area (TPSA) is 75.7 Å². The third kappa shape index (κ3) is 6.78. The number of amides is 2. The normalized spacial score (nSPS) is 11.4. The quantitative estimate of drug-likeness (QED) is 0.413. The predicted molar refractivity (Wildman–Crippen MR) is 133 cm³/mol. The number of nitrogens with zero attached hydrogens (tertiary/aromatic N) is 1. The lowest BCUT2D eigenvalue weighted by atomic mass is 10.0. The van der Waals surface area contributed by atoms with E-state index in [9.17, 15) is 14.4 Å². The number of ketones is 1. The Balaban J connectivity index is 1.77. The van der Waals surface area contributed by atoms with Crippen LogP contribution < -0.4 is 10.1 Å². The third-order valence-corrected chi connectivity index (χ3v) is 5.53. The van der Waals surface area contributed by atoms with Gasteiger partial charge in [0.05, 0.1) is 6.04 Å². The van der Waals surface area contributed by atoms with Crippen LogP contribution in [0.5, 0.6) is 5.75 Å². The molecule has 0 bridgehead atoms. The summed E-state index contributed by atoms with van der Waals surface area (Å²) in [5.74, 6) is 0.269. The van der Waals surface area contributed by atoms with Crippen LogP contribution in [0.1, 0.15) is 54.7 Å². The first-order valence-corrected chi connectivity index (χ1v) is 11.3. The smallest absolute Gasteiger partial charge is 0.261 e. The molecule has 176 valence electrons. The number of hydrogen-bond donors (Lipinski definition) is 1. The van der Waals surface area contributed by atoms with E-state index in [4.69, 9.17) is 4.74 Å². The Morgan fingerprint density at radius 2 is 1.65 bits per heavy atom. The molecule has 1 N–H and O–H groups in total. The van der Waals surface area contributed by atoms with Gasteiger partial charge in [-0.3, -0.25) is 14.4 Å². The van der Waals surface area contributed by atoms with Crippen molar-refractivity contribution in [2.45, 2.75) is 39.8 Å². The summed E-state index contributed by atoms with van der Waals surface area (Å²) in [7, 11) is 0. The van der Waals surface area contributed by atoms with Gasteiger partial charge in [0.2, 0.25) is 5.91 Å². The zero-order valence-electron chi connectivity index (χ0n) is 19.8. The van der Waals surface area contributed by atoms with Crippen molar-refractivity contribution in [2.75, 3.05) is 11.9 Å². The highest BCUT2D eigenvalue weighted by atomic mass is 16.5. The molecule has 0 saturated heterocycles. The summed E-state index contributed by atoms with van der Waals surface area (Å²) in [4.78, 5) is 38.3. The van der Waals surface area contributed by atoms with E-state index in [1.165, 1.54) is 6.92 Å². The molecule has 6 nitrogen and oxygen atoms in total. The van der Waals surface area contributed by atoms with Gasteiger partial charge in [0, 0.05) is 31.1 Å². The SMILES string of the molecule is CCC(=O)c1ccc(OCC(=O)N(Cc2ccccc2)C(C)c2cccc(NC(C)=O)c2)cc1. The molecule has 0 saturated carbocycles. The van der Waals surface area contributed by atoms with E-state index in [-0.39, 0.29) is 30.2 Å². The molecule has 0 aliphatic heterocycles. The summed E-state index contributed by atoms with van der Waals surface area (Å²) >= 11 is 0. The Morgan fingerprint density at radius 3 is 2.29 bits per heavy atom. The van der Waals surface area contributed by atoms with E-state index >= 15 is 0 Å². The molecule has 0 aliphatic carbocycles. The second-order valence-electron chi connectivity index (χ2n) is 8.08. The van der Waals surface area contributed by atoms with Crippen LogP contribution >= 0.6 is 0 Å². The monoisotopic (exact) mass is 458 g/mol. The molecular weight excluding hydrogens is 428 g/mol. The molecule has 34 heavy (non-hydrogen) atoms. The largest absolute Gasteiger partial charge is 0.484 e. The molecule has 0 aliphatic rings. The van der Waals surface area contributed by atoms with E-state index in [1.807, 2.05) is 68.4 Å². The van der Waals surface area contributed by atoms with Crippen LogP contribution in [0.15, 0.2) is 78.9 Å². The summed E-state index contributed by atoms with van der Waals surface area (Å²) in [5, 5.41) is 2.79. The molecule has 0 spiro atoms. The fourth-order valence-corrected chi connectivity index (χ4v) is 3.65. The van der Waals surface area contributed by atoms with Crippen molar-refractivity contribution in [1.29, 1.82) is 0 Å². The van der Waals surface area contributed by atoms with Crippen molar-refractivity contribution >= 4 is 23.3 Å². The second kappa shape index (κ2) is 11.8. The lowest BCUT2D eigenvalue weighted by Gasteiger charge is -2.30. The molecule has 1 unspecified atom stereocenters. The first-order chi connectivity index (χ1) is 16.4. The van der Waals surface area contributed by atoms with Gasteiger partial charge in [0.1, 0.15) is 5.75 Å². The number of carbonyl (C=O) groups is 3. The van der Waals surface area contributed by atoms with Gasteiger partial charge in [-0.15, -0.1) is 0 Å². The maximum Gasteiger partial charge on any atom is 0.261 e. The molecule has 3 aromatic carbocycles. The number of ether oxygens (including phenoxy) is 1. The average Bonchev–Trinajstić information content (AvgIpc) is 2.85. The highest BCUT2D eigenvalue weighted by molar-refractivity contribution is 5.95. The van der Waals surface area contributed by atoms with Crippen LogP contribution in [0.2, 0.25) is 0 Å². The van der Waals surface area contributed by atoms with E-state index in [0.29, 0.717) is 30.0 Å². The minimum absolute atomic E-state index is 0.0620. The van der Waals surface area contributed by atoms with Gasteiger partial charge in [-0.1, -0.05) is 49.4 Å². The van der Waals surface area contributed by atoms with Gasteiger partial charge in [0.25, 0.3) is 5.91 Å². The minimum Gasteiger partial charge on any atom is -0.484 e. The van der Waals surface area contributed by atoms with Crippen LogP contribution in [-0.4, -0.2) is 29.1 Å². The molecule has 2 amide bonds. The third-order valence-electron chi connectivity index (χ3n) is 5.53.